The van der Waals surface area contributed by atoms with E-state index in [9.17, 15) is 18.3 Å². The Morgan fingerprint density at radius 3 is 2.26 bits per heavy atom. The minimum absolute atomic E-state index is 0.0503. The Kier molecular flexibility index (Phi) is 5.12. The highest BCUT2D eigenvalue weighted by molar-refractivity contribution is 7.89. The molecule has 2 aromatic carbocycles. The Hall–Kier alpha value is -2.58. The molecule has 0 aromatic heterocycles. The van der Waals surface area contributed by atoms with E-state index in [1.54, 1.807) is 24.3 Å². The number of primary sulfonamides is 1. The lowest BCUT2D eigenvalue weighted by molar-refractivity contribution is 0.0696. The number of hydrogen-bond acceptors (Lipinski definition) is 5. The number of carboxylic acid groups (broad SMARTS) is 1. The molecule has 0 radical (unpaired) electrons. The summed E-state index contributed by atoms with van der Waals surface area (Å²) < 4.78 is 30.4. The molecular weight excluding hydrogens is 368 g/mol. The minimum atomic E-state index is -4.21. The van der Waals surface area contributed by atoms with Gasteiger partial charge in [0.15, 0.2) is 5.75 Å². The highest BCUT2D eigenvalue weighted by Gasteiger charge is 2.33. The Morgan fingerprint density at radius 1 is 1.15 bits per heavy atom. The Morgan fingerprint density at radius 2 is 1.74 bits per heavy atom. The number of ether oxygens (including phenoxy) is 1. The summed E-state index contributed by atoms with van der Waals surface area (Å²) in [7, 11) is -4.21. The summed E-state index contributed by atoms with van der Waals surface area (Å²) in [6.45, 7) is 4.03. The second kappa shape index (κ2) is 7.21. The fraction of sp³-hybridized carbons (Fsp3) is 0.316. The molecule has 144 valence electrons. The zero-order valence-electron chi connectivity index (χ0n) is 15.1. The number of nitrogens with zero attached hydrogens (tertiary/aromatic N) is 1. The SMILES string of the molecule is CC1CCC(C)N1c1cc(C(=O)O)cc(S(N)(=O)=O)c1Oc1ccccc1. The van der Waals surface area contributed by atoms with Crippen molar-refractivity contribution in [3.63, 3.8) is 0 Å². The second-order valence-corrected chi connectivity index (χ2v) is 8.30. The van der Waals surface area contributed by atoms with Crippen molar-refractivity contribution < 1.29 is 23.1 Å². The van der Waals surface area contributed by atoms with Gasteiger partial charge in [-0.15, -0.1) is 0 Å². The third kappa shape index (κ3) is 3.91. The van der Waals surface area contributed by atoms with Crippen molar-refractivity contribution in [2.24, 2.45) is 5.14 Å². The molecule has 0 saturated carbocycles. The van der Waals surface area contributed by atoms with Crippen LogP contribution in [0.2, 0.25) is 0 Å². The Bertz CT molecular complexity index is 950. The van der Waals surface area contributed by atoms with Crippen molar-refractivity contribution in [3.05, 3.63) is 48.0 Å². The Balaban J connectivity index is 2.27. The van der Waals surface area contributed by atoms with Crippen molar-refractivity contribution in [2.45, 2.75) is 43.7 Å². The Labute approximate surface area is 158 Å². The smallest absolute Gasteiger partial charge is 0.335 e. The molecule has 2 atom stereocenters. The molecule has 27 heavy (non-hydrogen) atoms. The molecule has 0 spiro atoms. The van der Waals surface area contributed by atoms with Crippen LogP contribution in [0.1, 0.15) is 37.0 Å². The largest absolute Gasteiger partial charge is 0.478 e. The van der Waals surface area contributed by atoms with Gasteiger partial charge in [-0.3, -0.25) is 0 Å². The van der Waals surface area contributed by atoms with Gasteiger partial charge in [0.05, 0.1) is 11.3 Å². The summed E-state index contributed by atoms with van der Waals surface area (Å²) >= 11 is 0. The number of carboxylic acids is 1. The van der Waals surface area contributed by atoms with Gasteiger partial charge in [0.2, 0.25) is 10.0 Å². The van der Waals surface area contributed by atoms with Gasteiger partial charge in [-0.25, -0.2) is 18.4 Å². The third-order valence-corrected chi connectivity index (χ3v) is 5.70. The van der Waals surface area contributed by atoms with Crippen LogP contribution >= 0.6 is 0 Å². The topological polar surface area (TPSA) is 110 Å². The van der Waals surface area contributed by atoms with Crippen LogP contribution in [0, 0.1) is 0 Å². The maximum atomic E-state index is 12.2. The normalized spacial score (nSPS) is 19.9. The number of hydrogen-bond donors (Lipinski definition) is 2. The first-order valence-corrected chi connectivity index (χ1v) is 10.2. The van der Waals surface area contributed by atoms with E-state index in [4.69, 9.17) is 9.88 Å². The fourth-order valence-corrected chi connectivity index (χ4v) is 4.19. The molecule has 7 nitrogen and oxygen atoms in total. The number of nitrogens with two attached hydrogens (primary N) is 1. The van der Waals surface area contributed by atoms with Gasteiger partial charge in [0.25, 0.3) is 0 Å². The van der Waals surface area contributed by atoms with E-state index in [1.807, 2.05) is 24.8 Å². The zero-order chi connectivity index (χ0) is 19.8. The standard InChI is InChI=1S/C19H22N2O5S/c1-12-8-9-13(2)21(12)16-10-14(19(22)23)11-17(27(20,24)25)18(16)26-15-6-4-3-5-7-15/h3-7,10-13H,8-9H2,1-2H3,(H,22,23)(H2,20,24,25). The van der Waals surface area contributed by atoms with Gasteiger partial charge in [-0.05, 0) is 51.0 Å². The van der Waals surface area contributed by atoms with Crippen molar-refractivity contribution in [2.75, 3.05) is 4.90 Å². The van der Waals surface area contributed by atoms with E-state index >= 15 is 0 Å². The summed E-state index contributed by atoms with van der Waals surface area (Å²) in [5.74, 6) is -0.743. The zero-order valence-corrected chi connectivity index (χ0v) is 15.9. The van der Waals surface area contributed by atoms with Gasteiger partial charge in [-0.2, -0.15) is 0 Å². The van der Waals surface area contributed by atoms with Crippen LogP contribution in [0.4, 0.5) is 5.69 Å². The maximum absolute atomic E-state index is 12.2. The lowest BCUT2D eigenvalue weighted by Crippen LogP contribution is -2.33. The number of benzene rings is 2. The van der Waals surface area contributed by atoms with Crippen molar-refractivity contribution in [1.29, 1.82) is 0 Å². The van der Waals surface area contributed by atoms with Crippen LogP contribution in [-0.2, 0) is 10.0 Å². The summed E-state index contributed by atoms with van der Waals surface area (Å²) in [5, 5.41) is 14.9. The molecule has 2 aromatic rings. The quantitative estimate of drug-likeness (QED) is 0.811. The van der Waals surface area contributed by atoms with Crippen LogP contribution in [0.25, 0.3) is 0 Å². The monoisotopic (exact) mass is 390 g/mol. The lowest BCUT2D eigenvalue weighted by atomic mass is 10.1. The first kappa shape index (κ1) is 19.2. The van der Waals surface area contributed by atoms with Crippen LogP contribution in [0.5, 0.6) is 11.5 Å². The number of rotatable bonds is 5. The molecule has 1 aliphatic rings. The number of carbonyl (C=O) groups is 1. The molecule has 2 unspecified atom stereocenters. The molecular formula is C19H22N2O5S. The lowest BCUT2D eigenvalue weighted by Gasteiger charge is -2.31. The van der Waals surface area contributed by atoms with Gasteiger partial charge >= 0.3 is 5.97 Å². The van der Waals surface area contributed by atoms with Gasteiger partial charge in [0.1, 0.15) is 10.6 Å². The van der Waals surface area contributed by atoms with Crippen LogP contribution in [0.15, 0.2) is 47.4 Å². The molecule has 1 fully saturated rings. The van der Waals surface area contributed by atoms with Gasteiger partial charge < -0.3 is 14.7 Å². The number of anilines is 1. The molecule has 3 N–H and O–H groups in total. The van der Waals surface area contributed by atoms with Crippen molar-refractivity contribution in [1.82, 2.24) is 0 Å². The summed E-state index contributed by atoms with van der Waals surface area (Å²) in [6.07, 6.45) is 1.82. The average Bonchev–Trinajstić information content (AvgIpc) is 2.93. The van der Waals surface area contributed by atoms with E-state index in [-0.39, 0.29) is 28.3 Å². The van der Waals surface area contributed by atoms with Gasteiger partial charge in [-0.1, -0.05) is 18.2 Å². The summed E-state index contributed by atoms with van der Waals surface area (Å²) in [5.41, 5.74) is 0.265. The summed E-state index contributed by atoms with van der Waals surface area (Å²) in [4.78, 5) is 13.2. The predicted octanol–water partition coefficient (Wildman–Crippen LogP) is 3.20. The highest BCUT2D eigenvalue weighted by atomic mass is 32.2. The molecule has 8 heteroatoms. The van der Waals surface area contributed by atoms with E-state index < -0.39 is 16.0 Å². The molecule has 0 bridgehead atoms. The molecule has 0 aliphatic carbocycles. The van der Waals surface area contributed by atoms with Crippen LogP contribution < -0.4 is 14.8 Å². The maximum Gasteiger partial charge on any atom is 0.335 e. The molecule has 1 saturated heterocycles. The average molecular weight is 390 g/mol. The third-order valence-electron chi connectivity index (χ3n) is 4.78. The van der Waals surface area contributed by atoms with Gasteiger partial charge in [0, 0.05) is 12.1 Å². The van der Waals surface area contributed by atoms with E-state index in [0.29, 0.717) is 11.4 Å². The van der Waals surface area contributed by atoms with Crippen molar-refractivity contribution >= 4 is 21.7 Å². The fourth-order valence-electron chi connectivity index (χ4n) is 3.49. The molecule has 1 aliphatic heterocycles. The van der Waals surface area contributed by atoms with Crippen LogP contribution in [0.3, 0.4) is 0 Å². The number of sulfonamides is 1. The highest BCUT2D eigenvalue weighted by Crippen LogP contribution is 2.43. The number of para-hydroxylation sites is 1. The summed E-state index contributed by atoms with van der Waals surface area (Å²) in [6, 6.07) is 11.4. The number of aromatic carboxylic acids is 1. The van der Waals surface area contributed by atoms with E-state index in [1.165, 1.54) is 6.07 Å². The molecule has 1 heterocycles. The predicted molar refractivity (Wildman–Crippen MR) is 102 cm³/mol. The van der Waals surface area contributed by atoms with Crippen LogP contribution in [-0.4, -0.2) is 31.6 Å². The second-order valence-electron chi connectivity index (χ2n) is 6.77. The first-order valence-electron chi connectivity index (χ1n) is 8.64. The van der Waals surface area contributed by atoms with E-state index in [2.05, 4.69) is 0 Å². The molecule has 0 amide bonds. The van der Waals surface area contributed by atoms with Crippen molar-refractivity contribution in [3.8, 4) is 11.5 Å². The first-order chi connectivity index (χ1) is 12.7. The minimum Gasteiger partial charge on any atom is -0.478 e. The van der Waals surface area contributed by atoms with E-state index in [0.717, 1.165) is 18.9 Å². The molecule has 3 rings (SSSR count).